The lowest BCUT2D eigenvalue weighted by Gasteiger charge is -2.40. The maximum atomic E-state index is 12.8. The summed E-state index contributed by atoms with van der Waals surface area (Å²) in [4.78, 5) is 23.3. The van der Waals surface area contributed by atoms with Crippen molar-refractivity contribution in [3.05, 3.63) is 0 Å². The van der Waals surface area contributed by atoms with Crippen molar-refractivity contribution >= 4 is 22.0 Å². The van der Waals surface area contributed by atoms with E-state index in [0.717, 1.165) is 4.31 Å². The molecule has 21 heavy (non-hydrogen) atoms. The molecule has 0 bridgehead atoms. The minimum absolute atomic E-state index is 0.218. The van der Waals surface area contributed by atoms with Crippen LogP contribution in [0.5, 0.6) is 0 Å². The SMILES string of the molecule is CCC1C(=O)NC(=O)CN1S(=O)(=O)N1CC(C)OC(C)C1. The number of nitrogens with one attached hydrogen (secondary N) is 1. The van der Waals surface area contributed by atoms with E-state index in [4.69, 9.17) is 4.74 Å². The summed E-state index contributed by atoms with van der Waals surface area (Å²) in [6.45, 7) is 5.41. The lowest BCUT2D eigenvalue weighted by molar-refractivity contribution is -0.137. The van der Waals surface area contributed by atoms with E-state index in [1.807, 2.05) is 0 Å². The molecule has 0 spiro atoms. The van der Waals surface area contributed by atoms with Gasteiger partial charge in [-0.05, 0) is 20.3 Å². The van der Waals surface area contributed by atoms with Crippen LogP contribution in [0.2, 0.25) is 0 Å². The third kappa shape index (κ3) is 3.25. The van der Waals surface area contributed by atoms with Gasteiger partial charge in [-0.3, -0.25) is 14.9 Å². The fraction of sp³-hybridized carbons (Fsp3) is 0.833. The normalized spacial score (nSPS) is 33.0. The van der Waals surface area contributed by atoms with Gasteiger partial charge < -0.3 is 4.74 Å². The van der Waals surface area contributed by atoms with Crippen LogP contribution in [0.1, 0.15) is 27.2 Å². The van der Waals surface area contributed by atoms with Gasteiger partial charge in [0.1, 0.15) is 6.04 Å². The molecule has 3 atom stereocenters. The molecule has 120 valence electrons. The number of amides is 2. The Morgan fingerprint density at radius 3 is 2.33 bits per heavy atom. The van der Waals surface area contributed by atoms with E-state index in [2.05, 4.69) is 5.32 Å². The molecule has 2 amide bonds. The molecule has 2 fully saturated rings. The van der Waals surface area contributed by atoms with E-state index >= 15 is 0 Å². The molecule has 0 aromatic carbocycles. The fourth-order valence-corrected chi connectivity index (χ4v) is 4.68. The van der Waals surface area contributed by atoms with Gasteiger partial charge >= 0.3 is 0 Å². The van der Waals surface area contributed by atoms with Gasteiger partial charge in [-0.15, -0.1) is 0 Å². The highest BCUT2D eigenvalue weighted by Gasteiger charge is 2.44. The largest absolute Gasteiger partial charge is 0.373 e. The highest BCUT2D eigenvalue weighted by molar-refractivity contribution is 7.86. The smallest absolute Gasteiger partial charge is 0.283 e. The molecule has 2 rings (SSSR count). The molecule has 2 aliphatic heterocycles. The van der Waals surface area contributed by atoms with Gasteiger partial charge in [0.25, 0.3) is 10.2 Å². The Morgan fingerprint density at radius 1 is 1.24 bits per heavy atom. The van der Waals surface area contributed by atoms with Gasteiger partial charge in [0, 0.05) is 13.1 Å². The fourth-order valence-electron chi connectivity index (χ4n) is 2.74. The van der Waals surface area contributed by atoms with Crippen molar-refractivity contribution in [3.63, 3.8) is 0 Å². The molecule has 2 aliphatic rings. The number of imide groups is 1. The average Bonchev–Trinajstić information content (AvgIpc) is 2.36. The summed E-state index contributed by atoms with van der Waals surface area (Å²) < 4.78 is 33.3. The molecule has 2 saturated heterocycles. The van der Waals surface area contributed by atoms with Gasteiger partial charge in [0.15, 0.2) is 0 Å². The summed E-state index contributed by atoms with van der Waals surface area (Å²) in [6.07, 6.45) is -0.135. The van der Waals surface area contributed by atoms with Crippen LogP contribution in [0.3, 0.4) is 0 Å². The molecule has 8 nitrogen and oxygen atoms in total. The van der Waals surface area contributed by atoms with Gasteiger partial charge in [0.05, 0.1) is 18.8 Å². The van der Waals surface area contributed by atoms with E-state index in [1.54, 1.807) is 20.8 Å². The Balaban J connectivity index is 2.28. The van der Waals surface area contributed by atoms with E-state index in [9.17, 15) is 18.0 Å². The van der Waals surface area contributed by atoms with Crippen LogP contribution >= 0.6 is 0 Å². The Hall–Kier alpha value is -1.03. The van der Waals surface area contributed by atoms with Crippen molar-refractivity contribution in [1.82, 2.24) is 13.9 Å². The number of rotatable bonds is 3. The first-order valence-electron chi connectivity index (χ1n) is 7.01. The quantitative estimate of drug-likeness (QED) is 0.679. The first-order chi connectivity index (χ1) is 9.75. The minimum atomic E-state index is -3.87. The van der Waals surface area contributed by atoms with Crippen molar-refractivity contribution in [3.8, 4) is 0 Å². The zero-order chi connectivity index (χ0) is 15.8. The molecule has 1 N–H and O–H groups in total. The monoisotopic (exact) mass is 319 g/mol. The van der Waals surface area contributed by atoms with Crippen molar-refractivity contribution in [2.75, 3.05) is 19.6 Å². The van der Waals surface area contributed by atoms with Crippen molar-refractivity contribution in [1.29, 1.82) is 0 Å². The Labute approximate surface area is 124 Å². The number of carbonyl (C=O) groups excluding carboxylic acids is 2. The Bertz CT molecular complexity index is 525. The minimum Gasteiger partial charge on any atom is -0.373 e. The molecule has 0 aromatic heterocycles. The second-order valence-corrected chi connectivity index (χ2v) is 7.34. The standard InChI is InChI=1S/C12H21N3O5S/c1-4-10-12(17)13-11(16)7-15(10)21(18,19)14-5-8(2)20-9(3)6-14/h8-10H,4-7H2,1-3H3,(H,13,16,17). The summed E-state index contributed by atoms with van der Waals surface area (Å²) in [5.74, 6) is -1.16. The average molecular weight is 319 g/mol. The maximum absolute atomic E-state index is 12.8. The number of carbonyl (C=O) groups is 2. The lowest BCUT2D eigenvalue weighted by atomic mass is 10.2. The van der Waals surface area contributed by atoms with Crippen LogP contribution in [0.25, 0.3) is 0 Å². The summed E-state index contributed by atoms with van der Waals surface area (Å²) in [6, 6.07) is -0.846. The summed E-state index contributed by atoms with van der Waals surface area (Å²) in [7, 11) is -3.87. The van der Waals surface area contributed by atoms with Crippen LogP contribution in [-0.2, 0) is 24.5 Å². The maximum Gasteiger partial charge on any atom is 0.283 e. The summed E-state index contributed by atoms with van der Waals surface area (Å²) in [5.41, 5.74) is 0. The number of ether oxygens (including phenoxy) is 1. The van der Waals surface area contributed by atoms with Crippen molar-refractivity contribution in [2.45, 2.75) is 45.4 Å². The van der Waals surface area contributed by atoms with Crippen molar-refractivity contribution < 1.29 is 22.7 Å². The van der Waals surface area contributed by atoms with E-state index < -0.39 is 28.1 Å². The van der Waals surface area contributed by atoms with E-state index in [-0.39, 0.29) is 31.8 Å². The molecule has 0 aliphatic carbocycles. The zero-order valence-electron chi connectivity index (χ0n) is 12.4. The molecule has 3 unspecified atom stereocenters. The second kappa shape index (κ2) is 5.99. The molecule has 9 heteroatoms. The third-order valence-corrected chi connectivity index (χ3v) is 5.53. The number of piperazine rings is 1. The van der Waals surface area contributed by atoms with Crippen LogP contribution in [0.15, 0.2) is 0 Å². The predicted octanol–water partition coefficient (Wildman–Crippen LogP) is -0.923. The van der Waals surface area contributed by atoms with Crippen LogP contribution in [0.4, 0.5) is 0 Å². The number of hydrogen-bond donors (Lipinski definition) is 1. The third-order valence-electron chi connectivity index (χ3n) is 3.61. The van der Waals surface area contributed by atoms with Crippen molar-refractivity contribution in [2.24, 2.45) is 0 Å². The molecule has 2 heterocycles. The number of hydrogen-bond acceptors (Lipinski definition) is 5. The van der Waals surface area contributed by atoms with Crippen LogP contribution in [-0.4, -0.2) is 66.7 Å². The number of nitrogens with zero attached hydrogens (tertiary/aromatic N) is 2. The van der Waals surface area contributed by atoms with Gasteiger partial charge in [-0.2, -0.15) is 17.0 Å². The van der Waals surface area contributed by atoms with Gasteiger partial charge in [-0.1, -0.05) is 6.92 Å². The highest BCUT2D eigenvalue weighted by Crippen LogP contribution is 2.21. The molecular weight excluding hydrogens is 298 g/mol. The first kappa shape index (κ1) is 16.3. The molecule has 0 radical (unpaired) electrons. The van der Waals surface area contributed by atoms with Crippen LogP contribution in [0, 0.1) is 0 Å². The molecule has 0 saturated carbocycles. The molecule has 0 aromatic rings. The van der Waals surface area contributed by atoms with E-state index in [0.29, 0.717) is 6.42 Å². The summed E-state index contributed by atoms with van der Waals surface area (Å²) in [5, 5.41) is 2.18. The number of morpholine rings is 1. The predicted molar refractivity (Wildman–Crippen MR) is 74.4 cm³/mol. The summed E-state index contributed by atoms with van der Waals surface area (Å²) >= 11 is 0. The first-order valence-corrected chi connectivity index (χ1v) is 8.41. The highest BCUT2D eigenvalue weighted by atomic mass is 32.2. The molecular formula is C12H21N3O5S. The lowest BCUT2D eigenvalue weighted by Crippen LogP contribution is -2.63. The van der Waals surface area contributed by atoms with E-state index in [1.165, 1.54) is 4.31 Å². The second-order valence-electron chi connectivity index (χ2n) is 5.46. The van der Waals surface area contributed by atoms with Gasteiger partial charge in [-0.25, -0.2) is 0 Å². The topological polar surface area (TPSA) is 96.0 Å². The Morgan fingerprint density at radius 2 is 1.81 bits per heavy atom. The van der Waals surface area contributed by atoms with Gasteiger partial charge in [0.2, 0.25) is 11.8 Å². The Kier molecular flexibility index (Phi) is 4.66. The zero-order valence-corrected chi connectivity index (χ0v) is 13.2. The van der Waals surface area contributed by atoms with Crippen LogP contribution < -0.4 is 5.32 Å².